The van der Waals surface area contributed by atoms with E-state index in [2.05, 4.69) is 40.8 Å². The summed E-state index contributed by atoms with van der Waals surface area (Å²) in [5.41, 5.74) is 3.55. The van der Waals surface area contributed by atoms with Crippen molar-refractivity contribution in [2.24, 2.45) is 0 Å². The Labute approximate surface area is 148 Å². The fraction of sp³-hybridized carbons (Fsp3) is 0.450. The van der Waals surface area contributed by atoms with Crippen LogP contribution in [0.1, 0.15) is 30.6 Å². The molecule has 2 aliphatic heterocycles. The van der Waals surface area contributed by atoms with Gasteiger partial charge in [0, 0.05) is 43.3 Å². The molecule has 25 heavy (non-hydrogen) atoms. The lowest BCUT2D eigenvalue weighted by Crippen LogP contribution is -2.46. The van der Waals surface area contributed by atoms with Gasteiger partial charge in [0.05, 0.1) is 13.7 Å². The number of anilines is 1. The summed E-state index contributed by atoms with van der Waals surface area (Å²) in [6, 6.07) is 10.5. The van der Waals surface area contributed by atoms with Gasteiger partial charge in [-0.3, -0.25) is 9.69 Å². The van der Waals surface area contributed by atoms with Crippen LogP contribution in [0.15, 0.2) is 36.5 Å². The fourth-order valence-electron chi connectivity index (χ4n) is 4.06. The van der Waals surface area contributed by atoms with Gasteiger partial charge < -0.3 is 14.2 Å². The van der Waals surface area contributed by atoms with E-state index in [1.807, 2.05) is 17.0 Å². The zero-order chi connectivity index (χ0) is 17.4. The second kappa shape index (κ2) is 6.56. The molecule has 1 aromatic carbocycles. The van der Waals surface area contributed by atoms with Crippen LogP contribution in [0.5, 0.6) is 5.75 Å². The molecule has 0 N–H and O–H groups in total. The maximum Gasteiger partial charge on any atom is 0.241 e. The van der Waals surface area contributed by atoms with Crippen LogP contribution < -0.4 is 9.64 Å². The number of hydrogen-bond acceptors (Lipinski definition) is 3. The molecule has 2 aromatic rings. The summed E-state index contributed by atoms with van der Waals surface area (Å²) in [5, 5.41) is 0. The molecular weight excluding hydrogens is 314 g/mol. The SMILES string of the molecule is COc1ccc2c(c1)CCCN2C(=O)CN1CCn2cccc2C1C. The molecule has 1 aromatic heterocycles. The first kappa shape index (κ1) is 16.2. The Hall–Kier alpha value is -2.27. The highest BCUT2D eigenvalue weighted by Gasteiger charge is 2.29. The van der Waals surface area contributed by atoms with E-state index in [0.717, 1.165) is 43.9 Å². The standard InChI is InChI=1S/C20H25N3O2/c1-15-18-6-4-9-21(18)11-12-22(15)14-20(24)23-10-3-5-16-13-17(25-2)7-8-19(16)23/h4,6-9,13,15H,3,5,10-12,14H2,1-2H3. The molecule has 0 aliphatic carbocycles. The average molecular weight is 339 g/mol. The molecule has 1 unspecified atom stereocenters. The van der Waals surface area contributed by atoms with E-state index in [4.69, 9.17) is 4.74 Å². The highest BCUT2D eigenvalue weighted by molar-refractivity contribution is 5.96. The lowest BCUT2D eigenvalue weighted by atomic mass is 10.0. The predicted octanol–water partition coefficient (Wildman–Crippen LogP) is 2.85. The Morgan fingerprint density at radius 2 is 2.12 bits per heavy atom. The number of fused-ring (bicyclic) bond motifs is 2. The fourth-order valence-corrected chi connectivity index (χ4v) is 4.06. The Kier molecular flexibility index (Phi) is 4.25. The van der Waals surface area contributed by atoms with Crippen LogP contribution in [0.3, 0.4) is 0 Å². The second-order valence-electron chi connectivity index (χ2n) is 6.92. The molecule has 0 spiro atoms. The molecule has 3 heterocycles. The molecule has 0 bridgehead atoms. The molecule has 0 radical (unpaired) electrons. The maximum atomic E-state index is 13.0. The van der Waals surface area contributed by atoms with Crippen LogP contribution >= 0.6 is 0 Å². The molecule has 0 saturated heterocycles. The van der Waals surface area contributed by atoms with Crippen molar-refractivity contribution in [3.05, 3.63) is 47.8 Å². The zero-order valence-corrected chi connectivity index (χ0v) is 14.9. The van der Waals surface area contributed by atoms with Crippen molar-refractivity contribution in [2.45, 2.75) is 32.4 Å². The smallest absolute Gasteiger partial charge is 0.241 e. The number of ether oxygens (including phenoxy) is 1. The van der Waals surface area contributed by atoms with Gasteiger partial charge in [-0.05, 0) is 55.7 Å². The minimum atomic E-state index is 0.193. The average Bonchev–Trinajstić information content (AvgIpc) is 3.12. The van der Waals surface area contributed by atoms with E-state index < -0.39 is 0 Å². The highest BCUT2D eigenvalue weighted by Crippen LogP contribution is 2.31. The summed E-state index contributed by atoms with van der Waals surface area (Å²) >= 11 is 0. The molecule has 1 amide bonds. The Bertz CT molecular complexity index is 783. The van der Waals surface area contributed by atoms with Gasteiger partial charge >= 0.3 is 0 Å². The van der Waals surface area contributed by atoms with Crippen molar-refractivity contribution in [1.82, 2.24) is 9.47 Å². The molecule has 0 fully saturated rings. The van der Waals surface area contributed by atoms with Crippen molar-refractivity contribution in [3.63, 3.8) is 0 Å². The van der Waals surface area contributed by atoms with Gasteiger partial charge in [-0.25, -0.2) is 0 Å². The van der Waals surface area contributed by atoms with E-state index in [1.54, 1.807) is 7.11 Å². The van der Waals surface area contributed by atoms with Crippen LogP contribution in [0.4, 0.5) is 5.69 Å². The summed E-state index contributed by atoms with van der Waals surface area (Å²) in [4.78, 5) is 17.3. The lowest BCUT2D eigenvalue weighted by Gasteiger charge is -2.37. The number of amides is 1. The number of carbonyl (C=O) groups is 1. The molecule has 132 valence electrons. The third-order valence-corrected chi connectivity index (χ3v) is 5.51. The molecule has 0 saturated carbocycles. The molecule has 5 nitrogen and oxygen atoms in total. The highest BCUT2D eigenvalue weighted by atomic mass is 16.5. The van der Waals surface area contributed by atoms with Crippen molar-refractivity contribution >= 4 is 11.6 Å². The number of nitrogens with zero attached hydrogens (tertiary/aromatic N) is 3. The molecule has 4 rings (SSSR count). The molecule has 2 aliphatic rings. The van der Waals surface area contributed by atoms with Crippen molar-refractivity contribution < 1.29 is 9.53 Å². The summed E-state index contributed by atoms with van der Waals surface area (Å²) in [6.45, 7) is 5.33. The van der Waals surface area contributed by atoms with Crippen LogP contribution in [0.2, 0.25) is 0 Å². The van der Waals surface area contributed by atoms with Crippen molar-refractivity contribution in [1.29, 1.82) is 0 Å². The maximum absolute atomic E-state index is 13.0. The number of carbonyl (C=O) groups excluding carboxylic acids is 1. The van der Waals surface area contributed by atoms with Gasteiger partial charge in [0.2, 0.25) is 5.91 Å². The van der Waals surface area contributed by atoms with E-state index in [-0.39, 0.29) is 11.9 Å². The zero-order valence-electron chi connectivity index (χ0n) is 14.9. The van der Waals surface area contributed by atoms with Gasteiger partial charge in [-0.2, -0.15) is 0 Å². The molecule has 5 heteroatoms. The van der Waals surface area contributed by atoms with Crippen LogP contribution in [-0.2, 0) is 17.8 Å². The van der Waals surface area contributed by atoms with E-state index in [0.29, 0.717) is 6.54 Å². The number of aromatic nitrogens is 1. The van der Waals surface area contributed by atoms with Gasteiger partial charge in [0.1, 0.15) is 5.75 Å². The first-order valence-corrected chi connectivity index (χ1v) is 9.04. The Morgan fingerprint density at radius 3 is 2.96 bits per heavy atom. The van der Waals surface area contributed by atoms with E-state index in [1.165, 1.54) is 11.3 Å². The summed E-state index contributed by atoms with van der Waals surface area (Å²) < 4.78 is 7.61. The first-order valence-electron chi connectivity index (χ1n) is 9.04. The number of methoxy groups -OCH3 is 1. The number of rotatable bonds is 3. The minimum Gasteiger partial charge on any atom is -0.497 e. The normalized spacial score (nSPS) is 20.1. The lowest BCUT2D eigenvalue weighted by molar-refractivity contribution is -0.120. The summed E-state index contributed by atoms with van der Waals surface area (Å²) in [5.74, 6) is 1.05. The Balaban J connectivity index is 1.51. The van der Waals surface area contributed by atoms with E-state index >= 15 is 0 Å². The van der Waals surface area contributed by atoms with Crippen molar-refractivity contribution in [2.75, 3.05) is 31.6 Å². The largest absolute Gasteiger partial charge is 0.497 e. The summed E-state index contributed by atoms with van der Waals surface area (Å²) in [7, 11) is 1.68. The predicted molar refractivity (Wildman–Crippen MR) is 98.1 cm³/mol. The van der Waals surface area contributed by atoms with Gasteiger partial charge in [0.15, 0.2) is 0 Å². The molecular formula is C20H25N3O2. The molecule has 1 atom stereocenters. The van der Waals surface area contributed by atoms with Crippen LogP contribution in [0, 0.1) is 0 Å². The number of hydrogen-bond donors (Lipinski definition) is 0. The third-order valence-electron chi connectivity index (χ3n) is 5.51. The minimum absolute atomic E-state index is 0.193. The first-order chi connectivity index (χ1) is 12.2. The third kappa shape index (κ3) is 2.93. The van der Waals surface area contributed by atoms with Crippen LogP contribution in [-0.4, -0.2) is 42.1 Å². The monoisotopic (exact) mass is 339 g/mol. The van der Waals surface area contributed by atoms with Gasteiger partial charge in [-0.1, -0.05) is 0 Å². The van der Waals surface area contributed by atoms with E-state index in [9.17, 15) is 4.79 Å². The van der Waals surface area contributed by atoms with Gasteiger partial charge in [-0.15, -0.1) is 0 Å². The second-order valence-corrected chi connectivity index (χ2v) is 6.92. The summed E-state index contributed by atoms with van der Waals surface area (Å²) in [6.07, 6.45) is 4.13. The van der Waals surface area contributed by atoms with Crippen LogP contribution in [0.25, 0.3) is 0 Å². The quantitative estimate of drug-likeness (QED) is 0.863. The van der Waals surface area contributed by atoms with Gasteiger partial charge in [0.25, 0.3) is 0 Å². The topological polar surface area (TPSA) is 37.7 Å². The Morgan fingerprint density at radius 1 is 1.24 bits per heavy atom. The number of benzene rings is 1. The number of aryl methyl sites for hydroxylation is 1. The van der Waals surface area contributed by atoms with Crippen molar-refractivity contribution in [3.8, 4) is 5.75 Å².